The Balaban J connectivity index is 2.49. The van der Waals surface area contributed by atoms with E-state index in [1.54, 1.807) is 0 Å². The lowest BCUT2D eigenvalue weighted by Gasteiger charge is -2.14. The Kier molecular flexibility index (Phi) is 2.41. The normalized spacial score (nSPS) is 17.6. The highest BCUT2D eigenvalue weighted by atomic mass is 15.0. The molecule has 1 N–H and O–H groups in total. The second kappa shape index (κ2) is 3.47. The third-order valence-electron chi connectivity index (χ3n) is 3.36. The first-order valence-corrected chi connectivity index (χ1v) is 5.66. The predicted octanol–water partition coefficient (Wildman–Crippen LogP) is 2.44. The van der Waals surface area contributed by atoms with Crippen molar-refractivity contribution in [2.24, 2.45) is 0 Å². The van der Waals surface area contributed by atoms with Crippen molar-refractivity contribution in [1.82, 2.24) is 9.97 Å². The molecule has 1 aromatic heterocycles. The second-order valence-corrected chi connectivity index (χ2v) is 4.63. The van der Waals surface area contributed by atoms with Crippen LogP contribution >= 0.6 is 0 Å². The Morgan fingerprint density at radius 2 is 2.00 bits per heavy atom. The van der Waals surface area contributed by atoms with Gasteiger partial charge >= 0.3 is 0 Å². The van der Waals surface area contributed by atoms with E-state index >= 15 is 0 Å². The van der Waals surface area contributed by atoms with Gasteiger partial charge in [-0.15, -0.1) is 0 Å². The molecule has 2 rings (SSSR count). The van der Waals surface area contributed by atoms with Crippen LogP contribution < -0.4 is 5.32 Å². The third kappa shape index (κ3) is 1.71. The number of aromatic nitrogens is 2. The summed E-state index contributed by atoms with van der Waals surface area (Å²) in [4.78, 5) is 9.29. The van der Waals surface area contributed by atoms with Crippen LogP contribution in [0, 0.1) is 6.92 Å². The fraction of sp³-hybridized carbons (Fsp3) is 0.667. The van der Waals surface area contributed by atoms with E-state index in [0.29, 0.717) is 0 Å². The average Bonchev–Trinajstić information content (AvgIpc) is 2.98. The molecule has 0 amide bonds. The van der Waals surface area contributed by atoms with Gasteiger partial charge in [0.05, 0.1) is 0 Å². The SMILES string of the molecule is CCc1nc(C2(C)CC2)nc(NC)c1C. The molecule has 0 aliphatic heterocycles. The van der Waals surface area contributed by atoms with Gasteiger partial charge in [-0.3, -0.25) is 0 Å². The quantitative estimate of drug-likeness (QED) is 0.823. The molecule has 1 saturated carbocycles. The van der Waals surface area contributed by atoms with Crippen molar-refractivity contribution in [2.75, 3.05) is 12.4 Å². The molecule has 1 heterocycles. The van der Waals surface area contributed by atoms with Crippen LogP contribution in [0.15, 0.2) is 0 Å². The van der Waals surface area contributed by atoms with Crippen molar-refractivity contribution < 1.29 is 0 Å². The fourth-order valence-corrected chi connectivity index (χ4v) is 1.83. The number of rotatable bonds is 3. The topological polar surface area (TPSA) is 37.8 Å². The average molecular weight is 205 g/mol. The van der Waals surface area contributed by atoms with E-state index in [1.165, 1.54) is 24.1 Å². The minimum Gasteiger partial charge on any atom is -0.373 e. The summed E-state index contributed by atoms with van der Waals surface area (Å²) in [7, 11) is 1.92. The first-order chi connectivity index (χ1) is 7.10. The molecule has 0 radical (unpaired) electrons. The monoisotopic (exact) mass is 205 g/mol. The van der Waals surface area contributed by atoms with Crippen molar-refractivity contribution in [1.29, 1.82) is 0 Å². The molecule has 0 saturated heterocycles. The summed E-state index contributed by atoms with van der Waals surface area (Å²) in [5, 5.41) is 3.16. The van der Waals surface area contributed by atoms with E-state index in [1.807, 2.05) is 7.05 Å². The van der Waals surface area contributed by atoms with Gasteiger partial charge in [0.2, 0.25) is 0 Å². The van der Waals surface area contributed by atoms with Crippen LogP contribution in [0.3, 0.4) is 0 Å². The number of hydrogen-bond donors (Lipinski definition) is 1. The third-order valence-corrected chi connectivity index (χ3v) is 3.36. The lowest BCUT2D eigenvalue weighted by molar-refractivity contribution is 0.697. The molecule has 3 nitrogen and oxygen atoms in total. The Hall–Kier alpha value is -1.12. The molecular formula is C12H19N3. The number of anilines is 1. The molecule has 1 aliphatic rings. The Bertz CT molecular complexity index is 355. The smallest absolute Gasteiger partial charge is 0.136 e. The molecule has 82 valence electrons. The van der Waals surface area contributed by atoms with Gasteiger partial charge in [-0.2, -0.15) is 0 Å². The lowest BCUT2D eigenvalue weighted by atomic mass is 10.1. The van der Waals surface area contributed by atoms with E-state index in [0.717, 1.165) is 18.1 Å². The minimum absolute atomic E-state index is 0.253. The van der Waals surface area contributed by atoms with Crippen molar-refractivity contribution in [3.63, 3.8) is 0 Å². The summed E-state index contributed by atoms with van der Waals surface area (Å²) >= 11 is 0. The molecule has 1 fully saturated rings. The van der Waals surface area contributed by atoms with Crippen LogP contribution in [0.2, 0.25) is 0 Å². The first kappa shape index (κ1) is 10.4. The summed E-state index contributed by atoms with van der Waals surface area (Å²) in [6, 6.07) is 0. The second-order valence-electron chi connectivity index (χ2n) is 4.63. The minimum atomic E-state index is 0.253. The highest BCUT2D eigenvalue weighted by molar-refractivity contribution is 5.46. The van der Waals surface area contributed by atoms with Crippen LogP contribution in [-0.2, 0) is 11.8 Å². The highest BCUT2D eigenvalue weighted by Crippen LogP contribution is 2.46. The van der Waals surface area contributed by atoms with Gasteiger partial charge in [-0.1, -0.05) is 13.8 Å². The summed E-state index contributed by atoms with van der Waals surface area (Å²) in [6.45, 7) is 6.48. The van der Waals surface area contributed by atoms with Gasteiger partial charge in [0.15, 0.2) is 0 Å². The molecule has 3 heteroatoms. The molecule has 0 aromatic carbocycles. The van der Waals surface area contributed by atoms with Gasteiger partial charge < -0.3 is 5.32 Å². The van der Waals surface area contributed by atoms with E-state index in [2.05, 4.69) is 36.1 Å². The molecular weight excluding hydrogens is 186 g/mol. The summed E-state index contributed by atoms with van der Waals surface area (Å²) in [5.41, 5.74) is 2.62. The van der Waals surface area contributed by atoms with Crippen molar-refractivity contribution in [3.05, 3.63) is 17.1 Å². The molecule has 1 aliphatic carbocycles. The van der Waals surface area contributed by atoms with Crippen LogP contribution in [-0.4, -0.2) is 17.0 Å². The van der Waals surface area contributed by atoms with E-state index in [4.69, 9.17) is 0 Å². The van der Waals surface area contributed by atoms with Crippen molar-refractivity contribution in [3.8, 4) is 0 Å². The van der Waals surface area contributed by atoms with Crippen LogP contribution in [0.5, 0.6) is 0 Å². The van der Waals surface area contributed by atoms with Crippen LogP contribution in [0.4, 0.5) is 5.82 Å². The maximum absolute atomic E-state index is 4.68. The Morgan fingerprint density at radius 3 is 2.47 bits per heavy atom. The summed E-state index contributed by atoms with van der Waals surface area (Å²) in [6.07, 6.45) is 3.43. The van der Waals surface area contributed by atoms with E-state index in [9.17, 15) is 0 Å². The number of aryl methyl sites for hydroxylation is 1. The standard InChI is InChI=1S/C12H19N3/c1-5-9-8(2)10(13-4)15-11(14-9)12(3)6-7-12/h5-7H2,1-4H3,(H,13,14,15). The van der Waals surface area contributed by atoms with Gasteiger partial charge in [0, 0.05) is 23.7 Å². The zero-order chi connectivity index (χ0) is 11.1. The van der Waals surface area contributed by atoms with E-state index < -0.39 is 0 Å². The molecule has 0 spiro atoms. The van der Waals surface area contributed by atoms with Gasteiger partial charge in [-0.05, 0) is 26.2 Å². The Labute approximate surface area is 91.3 Å². The summed E-state index contributed by atoms with van der Waals surface area (Å²) in [5.74, 6) is 2.01. The van der Waals surface area contributed by atoms with Gasteiger partial charge in [0.1, 0.15) is 11.6 Å². The van der Waals surface area contributed by atoms with Gasteiger partial charge in [0.25, 0.3) is 0 Å². The van der Waals surface area contributed by atoms with Crippen LogP contribution in [0.1, 0.15) is 43.8 Å². The first-order valence-electron chi connectivity index (χ1n) is 5.66. The zero-order valence-electron chi connectivity index (χ0n) is 10.0. The molecule has 0 bridgehead atoms. The molecule has 1 aromatic rings. The highest BCUT2D eigenvalue weighted by Gasteiger charge is 2.42. The maximum atomic E-state index is 4.68. The molecule has 0 atom stereocenters. The fourth-order valence-electron chi connectivity index (χ4n) is 1.83. The lowest BCUT2D eigenvalue weighted by Crippen LogP contribution is -2.12. The zero-order valence-corrected chi connectivity index (χ0v) is 10.0. The molecule has 0 unspecified atom stereocenters. The number of hydrogen-bond acceptors (Lipinski definition) is 3. The number of nitrogens with one attached hydrogen (secondary N) is 1. The maximum Gasteiger partial charge on any atom is 0.136 e. The van der Waals surface area contributed by atoms with E-state index in [-0.39, 0.29) is 5.41 Å². The predicted molar refractivity (Wildman–Crippen MR) is 62.3 cm³/mol. The Morgan fingerprint density at radius 1 is 1.33 bits per heavy atom. The van der Waals surface area contributed by atoms with Crippen LogP contribution in [0.25, 0.3) is 0 Å². The summed E-state index contributed by atoms with van der Waals surface area (Å²) < 4.78 is 0. The largest absolute Gasteiger partial charge is 0.373 e. The van der Waals surface area contributed by atoms with Gasteiger partial charge in [-0.25, -0.2) is 9.97 Å². The van der Waals surface area contributed by atoms with Crippen molar-refractivity contribution in [2.45, 2.75) is 45.4 Å². The number of nitrogens with zero attached hydrogens (tertiary/aromatic N) is 2. The molecule has 15 heavy (non-hydrogen) atoms. The van der Waals surface area contributed by atoms with Crippen molar-refractivity contribution >= 4 is 5.82 Å².